The lowest BCUT2D eigenvalue weighted by atomic mass is 9.47. The number of amides is 3. The van der Waals surface area contributed by atoms with Crippen LogP contribution in [0.1, 0.15) is 118 Å². The van der Waals surface area contributed by atoms with Crippen LogP contribution in [0.15, 0.2) is 11.6 Å². The van der Waals surface area contributed by atoms with Gasteiger partial charge in [0.1, 0.15) is 12.6 Å². The molecular formula is C34H52N2O6. The van der Waals surface area contributed by atoms with Crippen LogP contribution in [0.4, 0.5) is 4.79 Å². The van der Waals surface area contributed by atoms with Crippen molar-refractivity contribution < 1.29 is 28.8 Å². The van der Waals surface area contributed by atoms with E-state index in [0.29, 0.717) is 16.4 Å². The third-order valence-electron chi connectivity index (χ3n) is 12.1. The van der Waals surface area contributed by atoms with Gasteiger partial charge in [-0.3, -0.25) is 9.59 Å². The molecule has 5 aliphatic rings. The molecule has 3 amide bonds. The smallest absolute Gasteiger partial charge is 0.407 e. The van der Waals surface area contributed by atoms with Crippen LogP contribution < -0.4 is 5.32 Å². The lowest BCUT2D eigenvalue weighted by Crippen LogP contribution is -2.51. The van der Waals surface area contributed by atoms with Gasteiger partial charge in [0.05, 0.1) is 0 Å². The number of imide groups is 1. The van der Waals surface area contributed by atoms with E-state index in [1.807, 2.05) is 0 Å². The SMILES string of the molecule is CC(C)CCC[C@@H](C)[C@H]1CCC2C3CC=C4CC(OC(=O)NCC(=O)ON5C(=O)CCC5=O)CC[C@]4(C)C3CC[C@@]21C. The Balaban J connectivity index is 1.14. The van der Waals surface area contributed by atoms with Crippen molar-refractivity contribution in [2.24, 2.45) is 46.3 Å². The first-order chi connectivity index (χ1) is 19.9. The number of carbonyl (C=O) groups excluding carboxylic acids is 4. The van der Waals surface area contributed by atoms with E-state index < -0.39 is 30.4 Å². The summed E-state index contributed by atoms with van der Waals surface area (Å²) in [5.74, 6) is 2.75. The van der Waals surface area contributed by atoms with Gasteiger partial charge < -0.3 is 14.9 Å². The summed E-state index contributed by atoms with van der Waals surface area (Å²) in [6.45, 7) is 11.8. The van der Waals surface area contributed by atoms with Crippen LogP contribution in [0, 0.1) is 46.3 Å². The van der Waals surface area contributed by atoms with Gasteiger partial charge in [-0.15, -0.1) is 5.06 Å². The molecule has 234 valence electrons. The molecule has 1 heterocycles. The Bertz CT molecular complexity index is 1090. The van der Waals surface area contributed by atoms with E-state index in [1.54, 1.807) is 0 Å². The van der Waals surface area contributed by atoms with Crippen LogP contribution in [0.3, 0.4) is 0 Å². The number of hydrogen-bond acceptors (Lipinski definition) is 6. The second-order valence-corrected chi connectivity index (χ2v) is 15.0. The highest BCUT2D eigenvalue weighted by atomic mass is 16.7. The van der Waals surface area contributed by atoms with Gasteiger partial charge in [-0.05, 0) is 91.3 Å². The fourth-order valence-corrected chi connectivity index (χ4v) is 9.88. The minimum atomic E-state index is -0.879. The first kappa shape index (κ1) is 31.1. The number of hydrogen-bond donors (Lipinski definition) is 1. The van der Waals surface area contributed by atoms with Crippen molar-refractivity contribution >= 4 is 23.9 Å². The molecule has 4 aliphatic carbocycles. The van der Waals surface area contributed by atoms with Crippen LogP contribution >= 0.6 is 0 Å². The summed E-state index contributed by atoms with van der Waals surface area (Å²) in [6, 6.07) is 0. The lowest BCUT2D eigenvalue weighted by molar-refractivity contribution is -0.196. The number of nitrogens with one attached hydrogen (secondary N) is 1. The van der Waals surface area contributed by atoms with Gasteiger partial charge in [0.25, 0.3) is 11.8 Å². The van der Waals surface area contributed by atoms with Crippen LogP contribution in [0.25, 0.3) is 0 Å². The predicted octanol–water partition coefficient (Wildman–Crippen LogP) is 6.73. The molecule has 1 saturated heterocycles. The third kappa shape index (κ3) is 6.01. The molecule has 0 radical (unpaired) electrons. The van der Waals surface area contributed by atoms with Crippen LogP contribution in [-0.2, 0) is 24.0 Å². The fraction of sp³-hybridized carbons (Fsp3) is 0.824. The molecule has 4 unspecified atom stereocenters. The Morgan fingerprint density at radius 3 is 2.45 bits per heavy atom. The lowest BCUT2D eigenvalue weighted by Gasteiger charge is -2.58. The van der Waals surface area contributed by atoms with E-state index >= 15 is 0 Å². The molecule has 8 atom stereocenters. The second-order valence-electron chi connectivity index (χ2n) is 15.0. The number of fused-ring (bicyclic) bond motifs is 5. The number of alkyl carbamates (subject to hydrolysis) is 1. The highest BCUT2D eigenvalue weighted by Gasteiger charge is 2.59. The maximum Gasteiger partial charge on any atom is 0.407 e. The Morgan fingerprint density at radius 1 is 1.00 bits per heavy atom. The van der Waals surface area contributed by atoms with Gasteiger partial charge in [0.15, 0.2) is 0 Å². The molecule has 0 aromatic carbocycles. The first-order valence-electron chi connectivity index (χ1n) is 16.6. The van der Waals surface area contributed by atoms with E-state index in [2.05, 4.69) is 46.0 Å². The Hall–Kier alpha value is -2.38. The minimum absolute atomic E-state index is 0.0257. The number of rotatable bonds is 9. The van der Waals surface area contributed by atoms with Crippen LogP contribution in [0.2, 0.25) is 0 Å². The highest BCUT2D eigenvalue weighted by Crippen LogP contribution is 2.67. The number of hydroxylamine groups is 2. The summed E-state index contributed by atoms with van der Waals surface area (Å²) in [5.41, 5.74) is 2.08. The van der Waals surface area contributed by atoms with E-state index in [-0.39, 0.29) is 24.4 Å². The Morgan fingerprint density at radius 2 is 1.74 bits per heavy atom. The second kappa shape index (κ2) is 12.3. The normalized spacial score (nSPS) is 36.6. The fourth-order valence-electron chi connectivity index (χ4n) is 9.88. The van der Waals surface area contributed by atoms with Gasteiger partial charge in [0.2, 0.25) is 0 Å². The van der Waals surface area contributed by atoms with E-state index in [0.717, 1.165) is 55.3 Å². The Kier molecular flexibility index (Phi) is 9.11. The molecule has 5 rings (SSSR count). The van der Waals surface area contributed by atoms with Crippen molar-refractivity contribution in [3.8, 4) is 0 Å². The highest BCUT2D eigenvalue weighted by molar-refractivity contribution is 6.01. The van der Waals surface area contributed by atoms with Crippen molar-refractivity contribution in [3.05, 3.63) is 11.6 Å². The zero-order chi connectivity index (χ0) is 30.2. The zero-order valence-electron chi connectivity index (χ0n) is 26.4. The number of carbonyl (C=O) groups is 4. The van der Waals surface area contributed by atoms with Gasteiger partial charge in [-0.2, -0.15) is 0 Å². The van der Waals surface area contributed by atoms with Crippen LogP contribution in [-0.4, -0.2) is 41.6 Å². The monoisotopic (exact) mass is 584 g/mol. The zero-order valence-corrected chi connectivity index (χ0v) is 26.4. The summed E-state index contributed by atoms with van der Waals surface area (Å²) < 4.78 is 5.71. The maximum absolute atomic E-state index is 12.5. The van der Waals surface area contributed by atoms with Gasteiger partial charge in [-0.25, -0.2) is 9.59 Å². The van der Waals surface area contributed by atoms with Crippen molar-refractivity contribution in [2.45, 2.75) is 124 Å². The summed E-state index contributed by atoms with van der Waals surface area (Å²) >= 11 is 0. The predicted molar refractivity (Wildman–Crippen MR) is 158 cm³/mol. The molecule has 0 aromatic heterocycles. The molecule has 0 spiro atoms. The number of ether oxygens (including phenoxy) is 1. The summed E-state index contributed by atoms with van der Waals surface area (Å²) in [7, 11) is 0. The largest absolute Gasteiger partial charge is 0.446 e. The maximum atomic E-state index is 12.5. The van der Waals surface area contributed by atoms with E-state index in [9.17, 15) is 19.2 Å². The van der Waals surface area contributed by atoms with Gasteiger partial charge in [-0.1, -0.05) is 65.5 Å². The number of nitrogens with zero attached hydrogens (tertiary/aromatic N) is 1. The molecule has 8 nitrogen and oxygen atoms in total. The van der Waals surface area contributed by atoms with E-state index in [4.69, 9.17) is 9.57 Å². The summed E-state index contributed by atoms with van der Waals surface area (Å²) in [4.78, 5) is 52.6. The first-order valence-corrected chi connectivity index (χ1v) is 16.6. The van der Waals surface area contributed by atoms with Crippen LogP contribution in [0.5, 0.6) is 0 Å². The average Bonchev–Trinajstić information content (AvgIpc) is 3.45. The standard InChI is InChI=1S/C34H52N2O6/c1-21(2)7-6-8-22(3)26-11-12-27-25-10-9-23-19-24(15-17-33(23,4)28(25)16-18-34(26,27)5)41-32(40)35-20-31(39)42-36-29(37)13-14-30(36)38/h9,21-22,24-28H,6-8,10-20H2,1-5H3,(H,35,40)/t22-,24?,25?,26-,27?,28?,33+,34-/m1/s1. The Labute approximate surface area is 251 Å². The molecule has 4 fully saturated rings. The molecule has 8 heteroatoms. The van der Waals surface area contributed by atoms with Crippen molar-refractivity contribution in [1.82, 2.24) is 10.4 Å². The summed E-state index contributed by atoms with van der Waals surface area (Å²) in [6.07, 6.45) is 14.8. The average molecular weight is 585 g/mol. The molecule has 0 aromatic rings. The minimum Gasteiger partial charge on any atom is -0.446 e. The van der Waals surface area contributed by atoms with Crippen molar-refractivity contribution in [1.29, 1.82) is 0 Å². The van der Waals surface area contributed by atoms with Crippen molar-refractivity contribution in [3.63, 3.8) is 0 Å². The van der Waals surface area contributed by atoms with Gasteiger partial charge in [0, 0.05) is 19.3 Å². The third-order valence-corrected chi connectivity index (χ3v) is 12.1. The molecule has 3 saturated carbocycles. The topological polar surface area (TPSA) is 102 Å². The molecule has 42 heavy (non-hydrogen) atoms. The summed E-state index contributed by atoms with van der Waals surface area (Å²) in [5, 5.41) is 2.90. The van der Waals surface area contributed by atoms with E-state index in [1.165, 1.54) is 50.5 Å². The van der Waals surface area contributed by atoms with Gasteiger partial charge >= 0.3 is 12.1 Å². The molecular weight excluding hydrogens is 532 g/mol. The quantitative estimate of drug-likeness (QED) is 0.238. The molecule has 1 N–H and O–H groups in total. The molecule has 0 bridgehead atoms. The molecule has 1 aliphatic heterocycles. The number of allylic oxidation sites excluding steroid dienone is 1. The van der Waals surface area contributed by atoms with Crippen molar-refractivity contribution in [2.75, 3.05) is 6.54 Å².